The second-order valence-corrected chi connectivity index (χ2v) is 7.40. The van der Waals surface area contributed by atoms with Gasteiger partial charge < -0.3 is 29.8 Å². The van der Waals surface area contributed by atoms with E-state index in [1.165, 1.54) is 40.3 Å². The lowest BCUT2D eigenvalue weighted by atomic mass is 10.2. The molecule has 3 rings (SSSR count). The van der Waals surface area contributed by atoms with Crippen molar-refractivity contribution in [1.29, 1.82) is 0 Å². The van der Waals surface area contributed by atoms with Gasteiger partial charge in [-0.3, -0.25) is 14.3 Å². The van der Waals surface area contributed by atoms with Gasteiger partial charge in [-0.25, -0.2) is 0 Å². The minimum Gasteiger partial charge on any atom is -0.492 e. The summed E-state index contributed by atoms with van der Waals surface area (Å²) >= 11 is 0. The SMILES string of the molecule is Cc1ccc(OCCN(C)C(=O)Cn2cc(NC(=O)/C=C/Oc3cccnc3[N+](=O)[O-])cn2)cc1. The van der Waals surface area contributed by atoms with Crippen LogP contribution in [0.25, 0.3) is 0 Å². The Morgan fingerprint density at radius 2 is 2.03 bits per heavy atom. The predicted molar refractivity (Wildman–Crippen MR) is 126 cm³/mol. The summed E-state index contributed by atoms with van der Waals surface area (Å²) in [4.78, 5) is 39.9. The van der Waals surface area contributed by atoms with E-state index in [4.69, 9.17) is 9.47 Å². The topological polar surface area (TPSA) is 142 Å². The number of ether oxygens (including phenoxy) is 2. The molecule has 2 amide bonds. The standard InChI is InChI=1S/C23H24N6O6/c1-17-5-7-19(8-6-17)34-13-11-27(2)22(31)16-28-15-18(14-25-28)26-21(30)9-12-35-20-4-3-10-24-23(20)29(32)33/h3-10,12,14-15H,11,13,16H2,1-2H3,(H,26,30)/b12-9+. The Kier molecular flexibility index (Phi) is 8.48. The normalized spacial score (nSPS) is 10.7. The predicted octanol–water partition coefficient (Wildman–Crippen LogP) is 2.56. The highest BCUT2D eigenvalue weighted by atomic mass is 16.6. The average Bonchev–Trinajstić information content (AvgIpc) is 3.26. The summed E-state index contributed by atoms with van der Waals surface area (Å²) in [6, 6.07) is 10.5. The van der Waals surface area contributed by atoms with Gasteiger partial charge in [0.1, 0.15) is 25.1 Å². The van der Waals surface area contributed by atoms with Gasteiger partial charge in [0, 0.05) is 19.3 Å². The molecular formula is C23H24N6O6. The third-order valence-electron chi connectivity index (χ3n) is 4.68. The Morgan fingerprint density at radius 1 is 1.26 bits per heavy atom. The maximum Gasteiger partial charge on any atom is 0.406 e. The van der Waals surface area contributed by atoms with Crippen LogP contribution in [0, 0.1) is 17.0 Å². The molecule has 0 aliphatic carbocycles. The van der Waals surface area contributed by atoms with Gasteiger partial charge in [-0.15, -0.1) is 0 Å². The smallest absolute Gasteiger partial charge is 0.406 e. The Bertz CT molecular complexity index is 1210. The summed E-state index contributed by atoms with van der Waals surface area (Å²) < 4.78 is 12.2. The van der Waals surface area contributed by atoms with Gasteiger partial charge in [-0.05, 0) is 41.1 Å². The van der Waals surface area contributed by atoms with Crippen LogP contribution in [0.1, 0.15) is 5.56 Å². The molecule has 35 heavy (non-hydrogen) atoms. The third-order valence-corrected chi connectivity index (χ3v) is 4.68. The van der Waals surface area contributed by atoms with E-state index in [9.17, 15) is 19.7 Å². The summed E-state index contributed by atoms with van der Waals surface area (Å²) in [5, 5.41) is 17.6. The van der Waals surface area contributed by atoms with Gasteiger partial charge >= 0.3 is 5.82 Å². The van der Waals surface area contributed by atoms with E-state index < -0.39 is 16.6 Å². The van der Waals surface area contributed by atoms with Crippen LogP contribution in [-0.4, -0.2) is 56.6 Å². The minimum atomic E-state index is -0.687. The number of carbonyl (C=O) groups excluding carboxylic acids is 2. The van der Waals surface area contributed by atoms with Gasteiger partial charge in [0.25, 0.3) is 5.91 Å². The molecule has 2 aromatic heterocycles. The molecule has 182 valence electrons. The Hall–Kier alpha value is -4.74. The van der Waals surface area contributed by atoms with Crippen molar-refractivity contribution in [2.24, 2.45) is 0 Å². The molecule has 0 radical (unpaired) electrons. The number of amides is 2. The first-order valence-corrected chi connectivity index (χ1v) is 10.5. The second kappa shape index (κ2) is 11.9. The van der Waals surface area contributed by atoms with E-state index in [2.05, 4.69) is 15.4 Å². The number of nitro groups is 1. The molecule has 3 aromatic rings. The summed E-state index contributed by atoms with van der Waals surface area (Å²) in [6.45, 7) is 2.73. The van der Waals surface area contributed by atoms with Crippen molar-refractivity contribution in [2.45, 2.75) is 13.5 Å². The van der Waals surface area contributed by atoms with Crippen LogP contribution in [0.3, 0.4) is 0 Å². The van der Waals surface area contributed by atoms with Gasteiger partial charge in [0.2, 0.25) is 11.7 Å². The van der Waals surface area contributed by atoms with Crippen LogP contribution >= 0.6 is 0 Å². The maximum absolute atomic E-state index is 12.4. The van der Waals surface area contributed by atoms with Crippen molar-refractivity contribution in [1.82, 2.24) is 19.7 Å². The number of nitrogens with zero attached hydrogens (tertiary/aromatic N) is 5. The molecule has 0 aliphatic rings. The molecule has 0 atom stereocenters. The van der Waals surface area contributed by atoms with Crippen molar-refractivity contribution in [3.05, 3.63) is 83.0 Å². The zero-order chi connectivity index (χ0) is 25.2. The van der Waals surface area contributed by atoms with Crippen LogP contribution < -0.4 is 14.8 Å². The average molecular weight is 480 g/mol. The number of rotatable bonds is 11. The van der Waals surface area contributed by atoms with Gasteiger partial charge in [-0.2, -0.15) is 5.10 Å². The fraction of sp³-hybridized carbons (Fsp3) is 0.217. The van der Waals surface area contributed by atoms with Crippen LogP contribution in [0.2, 0.25) is 0 Å². The lowest BCUT2D eigenvalue weighted by molar-refractivity contribution is -0.390. The lowest BCUT2D eigenvalue weighted by Gasteiger charge is -2.17. The first-order valence-electron chi connectivity index (χ1n) is 10.5. The monoisotopic (exact) mass is 480 g/mol. The summed E-state index contributed by atoms with van der Waals surface area (Å²) in [5.41, 5.74) is 1.50. The van der Waals surface area contributed by atoms with Crippen molar-refractivity contribution in [2.75, 3.05) is 25.5 Å². The van der Waals surface area contributed by atoms with E-state index in [0.717, 1.165) is 23.7 Å². The van der Waals surface area contributed by atoms with E-state index >= 15 is 0 Å². The molecule has 0 spiro atoms. The first-order chi connectivity index (χ1) is 16.8. The van der Waals surface area contributed by atoms with Crippen LogP contribution in [0.15, 0.2) is 67.3 Å². The lowest BCUT2D eigenvalue weighted by Crippen LogP contribution is -2.33. The molecule has 12 nitrogen and oxygen atoms in total. The fourth-order valence-electron chi connectivity index (χ4n) is 2.80. The van der Waals surface area contributed by atoms with Crippen molar-refractivity contribution >= 4 is 23.3 Å². The number of pyridine rings is 1. The highest BCUT2D eigenvalue weighted by molar-refractivity contribution is 5.98. The second-order valence-electron chi connectivity index (χ2n) is 7.40. The summed E-state index contributed by atoms with van der Waals surface area (Å²) in [6.07, 6.45) is 6.24. The van der Waals surface area contributed by atoms with Crippen LogP contribution in [0.4, 0.5) is 11.5 Å². The Morgan fingerprint density at radius 3 is 2.77 bits per heavy atom. The number of hydrogen-bond acceptors (Lipinski definition) is 8. The molecule has 0 bridgehead atoms. The third kappa shape index (κ3) is 7.67. The minimum absolute atomic E-state index is 0.0134. The molecule has 0 saturated heterocycles. The van der Waals surface area contributed by atoms with Gasteiger partial charge in [-0.1, -0.05) is 17.7 Å². The molecule has 0 fully saturated rings. The highest BCUT2D eigenvalue weighted by Crippen LogP contribution is 2.22. The Balaban J connectivity index is 1.43. The summed E-state index contributed by atoms with van der Waals surface area (Å²) in [7, 11) is 1.67. The zero-order valence-corrected chi connectivity index (χ0v) is 19.2. The van der Waals surface area contributed by atoms with Crippen LogP contribution in [-0.2, 0) is 16.1 Å². The number of carbonyl (C=O) groups is 2. The molecule has 2 heterocycles. The number of anilines is 1. The molecular weight excluding hydrogens is 456 g/mol. The molecule has 0 saturated carbocycles. The zero-order valence-electron chi connectivity index (χ0n) is 19.2. The molecule has 0 aliphatic heterocycles. The fourth-order valence-corrected chi connectivity index (χ4v) is 2.80. The van der Waals surface area contributed by atoms with E-state index in [1.54, 1.807) is 7.05 Å². The van der Waals surface area contributed by atoms with Crippen molar-refractivity contribution in [3.8, 4) is 11.5 Å². The van der Waals surface area contributed by atoms with Crippen molar-refractivity contribution in [3.63, 3.8) is 0 Å². The quantitative estimate of drug-likeness (QED) is 0.191. The highest BCUT2D eigenvalue weighted by Gasteiger charge is 2.15. The number of likely N-dealkylation sites (N-methyl/N-ethyl adjacent to an activating group) is 1. The number of aryl methyl sites for hydroxylation is 1. The van der Waals surface area contributed by atoms with E-state index in [0.29, 0.717) is 18.8 Å². The van der Waals surface area contributed by atoms with Crippen LogP contribution in [0.5, 0.6) is 11.5 Å². The number of aromatic nitrogens is 3. The first kappa shape index (κ1) is 24.9. The van der Waals surface area contributed by atoms with E-state index in [-0.39, 0.29) is 18.2 Å². The maximum atomic E-state index is 12.4. The largest absolute Gasteiger partial charge is 0.492 e. The van der Waals surface area contributed by atoms with Crippen molar-refractivity contribution < 1.29 is 24.0 Å². The molecule has 1 N–H and O–H groups in total. The number of benzene rings is 1. The van der Waals surface area contributed by atoms with Gasteiger partial charge in [0.05, 0.1) is 24.7 Å². The number of hydrogen-bond donors (Lipinski definition) is 1. The summed E-state index contributed by atoms with van der Waals surface area (Å²) in [5.74, 6) is -0.545. The Labute approximate surface area is 200 Å². The number of nitrogens with one attached hydrogen (secondary N) is 1. The van der Waals surface area contributed by atoms with E-state index in [1.807, 2.05) is 31.2 Å². The van der Waals surface area contributed by atoms with Gasteiger partial charge in [0.15, 0.2) is 0 Å². The molecule has 1 aromatic carbocycles. The molecule has 12 heteroatoms. The molecule has 0 unspecified atom stereocenters.